The van der Waals surface area contributed by atoms with Crippen molar-refractivity contribution in [1.82, 2.24) is 15.6 Å². The van der Waals surface area contributed by atoms with Gasteiger partial charge in [0, 0.05) is 24.9 Å². The summed E-state index contributed by atoms with van der Waals surface area (Å²) in [6.45, 7) is 4.02. The van der Waals surface area contributed by atoms with E-state index in [2.05, 4.69) is 5.32 Å². The maximum absolute atomic E-state index is 11.1. The van der Waals surface area contributed by atoms with Gasteiger partial charge in [0.1, 0.15) is 6.54 Å². The maximum atomic E-state index is 11.1. The highest BCUT2D eigenvalue weighted by Gasteiger charge is 2.28. The van der Waals surface area contributed by atoms with Crippen molar-refractivity contribution >= 4 is 17.7 Å². The van der Waals surface area contributed by atoms with E-state index in [1.54, 1.807) is 4.90 Å². The summed E-state index contributed by atoms with van der Waals surface area (Å²) < 4.78 is 0. The molecule has 2 fully saturated rings. The monoisotopic (exact) mass is 270 g/mol. The molecule has 108 valence electrons. The molecule has 7 nitrogen and oxygen atoms in total. The van der Waals surface area contributed by atoms with Gasteiger partial charge in [0.15, 0.2) is 0 Å². The van der Waals surface area contributed by atoms with Crippen molar-refractivity contribution in [2.75, 3.05) is 6.54 Å². The Morgan fingerprint density at radius 3 is 2.37 bits per heavy atom. The van der Waals surface area contributed by atoms with Gasteiger partial charge in [-0.1, -0.05) is 0 Å². The van der Waals surface area contributed by atoms with E-state index in [0.717, 1.165) is 19.3 Å². The van der Waals surface area contributed by atoms with Crippen LogP contribution < -0.4 is 16.6 Å². The predicted octanol–water partition coefficient (Wildman–Crippen LogP) is -0.728. The number of carbonyl (C=O) groups is 3. The molecular formula is C12H22N4O3. The van der Waals surface area contributed by atoms with Crippen molar-refractivity contribution in [2.24, 2.45) is 5.84 Å². The van der Waals surface area contributed by atoms with Gasteiger partial charge in [0.25, 0.3) is 5.91 Å². The van der Waals surface area contributed by atoms with Crippen LogP contribution in [0.2, 0.25) is 0 Å². The highest BCUT2D eigenvalue weighted by Crippen LogP contribution is 2.16. The standard InChI is InChI=1S/C7H13N3O2.C5H9NO/c1-5-2-3-7(12)10(5)4-6(11)9-8;1-4-2-3-5(7)6-4/h5H,2-4,8H2,1H3,(H,9,11);4H,2-3H2,1H3,(H,6,7). The molecular weight excluding hydrogens is 248 g/mol. The third-order valence-electron chi connectivity index (χ3n) is 3.32. The number of rotatable bonds is 2. The first-order valence-corrected chi connectivity index (χ1v) is 6.52. The fraction of sp³-hybridized carbons (Fsp3) is 0.750. The minimum atomic E-state index is -0.322. The smallest absolute Gasteiger partial charge is 0.253 e. The number of hydrazine groups is 1. The van der Waals surface area contributed by atoms with Crippen LogP contribution in [0, 0.1) is 0 Å². The van der Waals surface area contributed by atoms with E-state index in [1.807, 2.05) is 19.3 Å². The Kier molecular flexibility index (Phi) is 5.75. The van der Waals surface area contributed by atoms with Gasteiger partial charge in [-0.15, -0.1) is 0 Å². The number of amides is 3. The van der Waals surface area contributed by atoms with E-state index < -0.39 is 0 Å². The van der Waals surface area contributed by atoms with Crippen LogP contribution >= 0.6 is 0 Å². The van der Waals surface area contributed by atoms with Crippen LogP contribution in [0.15, 0.2) is 0 Å². The van der Waals surface area contributed by atoms with Crippen LogP contribution in [-0.2, 0) is 14.4 Å². The van der Waals surface area contributed by atoms with Crippen molar-refractivity contribution in [3.63, 3.8) is 0 Å². The summed E-state index contributed by atoms with van der Waals surface area (Å²) in [6, 6.07) is 0.585. The molecule has 7 heteroatoms. The van der Waals surface area contributed by atoms with Gasteiger partial charge < -0.3 is 10.2 Å². The Hall–Kier alpha value is -1.63. The highest BCUT2D eigenvalue weighted by molar-refractivity contribution is 5.85. The molecule has 2 saturated heterocycles. The Morgan fingerprint density at radius 1 is 1.37 bits per heavy atom. The second-order valence-electron chi connectivity index (χ2n) is 4.98. The van der Waals surface area contributed by atoms with Gasteiger partial charge in [0.2, 0.25) is 11.8 Å². The first-order valence-electron chi connectivity index (χ1n) is 6.52. The summed E-state index contributed by atoms with van der Waals surface area (Å²) in [5.41, 5.74) is 2.00. The average molecular weight is 270 g/mol. The van der Waals surface area contributed by atoms with Crippen molar-refractivity contribution in [3.05, 3.63) is 0 Å². The molecule has 0 spiro atoms. The number of nitrogens with two attached hydrogens (primary N) is 1. The van der Waals surface area contributed by atoms with Gasteiger partial charge in [-0.25, -0.2) is 5.84 Å². The molecule has 19 heavy (non-hydrogen) atoms. The minimum Gasteiger partial charge on any atom is -0.354 e. The SMILES string of the molecule is CC1CCC(=O)N1.CC1CCC(=O)N1CC(=O)NN. The maximum Gasteiger partial charge on any atom is 0.253 e. The molecule has 0 saturated carbocycles. The van der Waals surface area contributed by atoms with Crippen LogP contribution in [0.3, 0.4) is 0 Å². The van der Waals surface area contributed by atoms with E-state index in [0.29, 0.717) is 12.5 Å². The molecule has 4 N–H and O–H groups in total. The summed E-state index contributed by atoms with van der Waals surface area (Å²) in [5, 5.41) is 2.78. The predicted molar refractivity (Wildman–Crippen MR) is 69.6 cm³/mol. The van der Waals surface area contributed by atoms with Crippen molar-refractivity contribution in [2.45, 2.75) is 51.6 Å². The lowest BCUT2D eigenvalue weighted by Crippen LogP contribution is -2.43. The molecule has 0 aromatic heterocycles. The molecule has 0 aromatic rings. The molecule has 2 atom stereocenters. The third-order valence-corrected chi connectivity index (χ3v) is 3.32. The zero-order chi connectivity index (χ0) is 14.4. The molecule has 0 aliphatic carbocycles. The molecule has 2 rings (SSSR count). The average Bonchev–Trinajstić information content (AvgIpc) is 2.89. The first-order chi connectivity index (χ1) is 8.93. The zero-order valence-corrected chi connectivity index (χ0v) is 11.4. The number of hydrogen-bond donors (Lipinski definition) is 3. The van der Waals surface area contributed by atoms with Crippen LogP contribution in [0.25, 0.3) is 0 Å². The number of hydrogen-bond acceptors (Lipinski definition) is 4. The summed E-state index contributed by atoms with van der Waals surface area (Å²) in [7, 11) is 0. The van der Waals surface area contributed by atoms with Crippen molar-refractivity contribution < 1.29 is 14.4 Å². The van der Waals surface area contributed by atoms with Crippen LogP contribution in [0.5, 0.6) is 0 Å². The van der Waals surface area contributed by atoms with Crippen LogP contribution in [0.4, 0.5) is 0 Å². The molecule has 2 unspecified atom stereocenters. The Balaban J connectivity index is 0.000000218. The fourth-order valence-electron chi connectivity index (χ4n) is 2.09. The highest BCUT2D eigenvalue weighted by atomic mass is 16.2. The molecule has 2 aliphatic rings. The number of likely N-dealkylation sites (tertiary alicyclic amines) is 1. The lowest BCUT2D eigenvalue weighted by molar-refractivity contribution is -0.134. The Bertz CT molecular complexity index is 359. The van der Waals surface area contributed by atoms with Crippen LogP contribution in [-0.4, -0.2) is 41.2 Å². The van der Waals surface area contributed by atoms with E-state index in [9.17, 15) is 14.4 Å². The quantitative estimate of drug-likeness (QED) is 0.349. The van der Waals surface area contributed by atoms with Gasteiger partial charge in [-0.3, -0.25) is 19.8 Å². The van der Waals surface area contributed by atoms with E-state index in [-0.39, 0.29) is 30.3 Å². The number of nitrogens with one attached hydrogen (secondary N) is 2. The van der Waals surface area contributed by atoms with E-state index >= 15 is 0 Å². The first kappa shape index (κ1) is 15.4. The second-order valence-corrected chi connectivity index (χ2v) is 4.98. The van der Waals surface area contributed by atoms with Crippen molar-refractivity contribution in [3.8, 4) is 0 Å². The second kappa shape index (κ2) is 7.08. The Morgan fingerprint density at radius 2 is 2.05 bits per heavy atom. The van der Waals surface area contributed by atoms with Crippen molar-refractivity contribution in [1.29, 1.82) is 0 Å². The fourth-order valence-corrected chi connectivity index (χ4v) is 2.09. The van der Waals surface area contributed by atoms with Gasteiger partial charge >= 0.3 is 0 Å². The largest absolute Gasteiger partial charge is 0.354 e. The Labute approximate surface area is 112 Å². The molecule has 0 aromatic carbocycles. The van der Waals surface area contributed by atoms with Gasteiger partial charge in [-0.2, -0.15) is 0 Å². The molecule has 2 aliphatic heterocycles. The third kappa shape index (κ3) is 4.86. The minimum absolute atomic E-state index is 0.0334. The molecule has 0 radical (unpaired) electrons. The molecule has 2 heterocycles. The molecule has 3 amide bonds. The number of nitrogens with zero attached hydrogens (tertiary/aromatic N) is 1. The zero-order valence-electron chi connectivity index (χ0n) is 11.4. The lowest BCUT2D eigenvalue weighted by Gasteiger charge is -2.19. The van der Waals surface area contributed by atoms with Gasteiger partial charge in [-0.05, 0) is 26.7 Å². The summed E-state index contributed by atoms with van der Waals surface area (Å²) in [5.74, 6) is 4.82. The molecule has 0 bridgehead atoms. The number of carbonyl (C=O) groups excluding carboxylic acids is 3. The normalized spacial score (nSPS) is 25.7. The van der Waals surface area contributed by atoms with Crippen LogP contribution in [0.1, 0.15) is 39.5 Å². The van der Waals surface area contributed by atoms with E-state index in [1.165, 1.54) is 0 Å². The van der Waals surface area contributed by atoms with Gasteiger partial charge in [0.05, 0.1) is 0 Å². The summed E-state index contributed by atoms with van der Waals surface area (Å²) >= 11 is 0. The lowest BCUT2D eigenvalue weighted by atomic mass is 10.2. The summed E-state index contributed by atoms with van der Waals surface area (Å²) in [6.07, 6.45) is 3.11. The van der Waals surface area contributed by atoms with E-state index in [4.69, 9.17) is 5.84 Å². The topological polar surface area (TPSA) is 105 Å². The summed E-state index contributed by atoms with van der Waals surface area (Å²) in [4.78, 5) is 33.9.